The van der Waals surface area contributed by atoms with E-state index in [9.17, 15) is 14.7 Å². The number of alkyl carbamates (subject to hydrolysis) is 1. The highest BCUT2D eigenvalue weighted by atomic mass is 16.9. The number of hydrogen-bond acceptors (Lipinski definition) is 8. The molecule has 1 aliphatic heterocycles. The van der Waals surface area contributed by atoms with E-state index in [1.54, 1.807) is 32.9 Å². The Labute approximate surface area is 176 Å². The summed E-state index contributed by atoms with van der Waals surface area (Å²) in [6.07, 6.45) is -0.478. The summed E-state index contributed by atoms with van der Waals surface area (Å²) in [6, 6.07) is 4.80. The average Bonchev–Trinajstić information content (AvgIpc) is 3.04. The van der Waals surface area contributed by atoms with Crippen molar-refractivity contribution in [3.05, 3.63) is 23.8 Å². The molecule has 1 unspecified atom stereocenters. The molecule has 1 atom stereocenters. The lowest BCUT2D eigenvalue weighted by atomic mass is 10.1. The molecule has 3 N–H and O–H groups in total. The Kier molecular flexibility index (Phi) is 7.51. The highest BCUT2D eigenvalue weighted by Gasteiger charge is 2.48. The number of fused-ring (bicyclic) bond motifs is 1. The summed E-state index contributed by atoms with van der Waals surface area (Å²) in [4.78, 5) is 25.1. The van der Waals surface area contributed by atoms with Crippen LogP contribution in [0.15, 0.2) is 18.2 Å². The number of nitrogens with zero attached hydrogens (tertiary/aromatic N) is 1. The molecule has 0 aromatic heterocycles. The van der Waals surface area contributed by atoms with E-state index in [1.807, 2.05) is 4.90 Å². The zero-order chi connectivity index (χ0) is 22.5. The van der Waals surface area contributed by atoms with E-state index < -0.39 is 29.8 Å². The Morgan fingerprint density at radius 3 is 2.33 bits per heavy atom. The first-order chi connectivity index (χ1) is 14.1. The van der Waals surface area contributed by atoms with Crippen molar-refractivity contribution in [1.29, 1.82) is 0 Å². The van der Waals surface area contributed by atoms with Gasteiger partial charge >= 0.3 is 18.0 Å². The number of nitrogens with one attached hydrogen (secondary N) is 2. The first-order valence-corrected chi connectivity index (χ1v) is 9.59. The van der Waals surface area contributed by atoms with Crippen LogP contribution < -0.4 is 15.5 Å². The van der Waals surface area contributed by atoms with E-state index in [0.717, 1.165) is 5.69 Å². The molecule has 10 nitrogen and oxygen atoms in total. The fourth-order valence-electron chi connectivity index (χ4n) is 3.27. The molecular formula is C20H31N3O7. The number of carbonyl (C=O) groups is 2. The molecule has 168 valence electrons. The fourth-order valence-corrected chi connectivity index (χ4v) is 3.27. The minimum Gasteiger partial charge on any atom is -0.478 e. The molecule has 0 spiro atoms. The van der Waals surface area contributed by atoms with Crippen molar-refractivity contribution >= 4 is 23.4 Å². The van der Waals surface area contributed by atoms with Gasteiger partial charge in [0.25, 0.3) is 0 Å². The first kappa shape index (κ1) is 23.7. The topological polar surface area (TPSA) is 119 Å². The van der Waals surface area contributed by atoms with Gasteiger partial charge in [0, 0.05) is 34.4 Å². The Morgan fingerprint density at radius 1 is 1.17 bits per heavy atom. The highest BCUT2D eigenvalue weighted by Crippen LogP contribution is 2.40. The van der Waals surface area contributed by atoms with E-state index in [0.29, 0.717) is 25.2 Å². The molecule has 0 aliphatic carbocycles. The molecule has 0 bridgehead atoms. The van der Waals surface area contributed by atoms with Crippen LogP contribution in [0, 0.1) is 0 Å². The number of carbonyl (C=O) groups excluding carboxylic acids is 1. The maximum absolute atomic E-state index is 11.8. The minimum atomic E-state index is -1.43. The van der Waals surface area contributed by atoms with Gasteiger partial charge in [0.1, 0.15) is 5.60 Å². The second-order valence-corrected chi connectivity index (χ2v) is 7.78. The fraction of sp³-hybridized carbons (Fsp3) is 0.600. The first-order valence-electron chi connectivity index (χ1n) is 9.59. The van der Waals surface area contributed by atoms with Gasteiger partial charge in [-0.25, -0.2) is 9.59 Å². The Morgan fingerprint density at radius 2 is 1.80 bits per heavy atom. The van der Waals surface area contributed by atoms with E-state index in [4.69, 9.17) is 18.9 Å². The maximum Gasteiger partial charge on any atom is 0.407 e. The van der Waals surface area contributed by atoms with E-state index in [1.165, 1.54) is 27.4 Å². The molecule has 1 aromatic carbocycles. The van der Waals surface area contributed by atoms with Crippen LogP contribution in [0.25, 0.3) is 0 Å². The van der Waals surface area contributed by atoms with Crippen molar-refractivity contribution < 1.29 is 33.6 Å². The van der Waals surface area contributed by atoms with E-state index >= 15 is 0 Å². The van der Waals surface area contributed by atoms with Crippen LogP contribution in [0.1, 0.15) is 37.6 Å². The molecular weight excluding hydrogens is 394 g/mol. The van der Waals surface area contributed by atoms with Crippen molar-refractivity contribution in [3.8, 4) is 0 Å². The predicted octanol–water partition coefficient (Wildman–Crippen LogP) is 2.45. The second kappa shape index (κ2) is 9.50. The summed E-state index contributed by atoms with van der Waals surface area (Å²) in [5, 5.41) is 15.2. The standard InChI is InChI=1S/C20H31N3O7/c1-19(2,3)30-18(26)21-10-7-11-23-15-9-8-13(16(24)25)12-14(15)22-17(23)20(27-4,28-5)29-6/h8-9,12,17,22H,7,10-11H2,1-6H3,(H,21,26)(H,24,25). The minimum absolute atomic E-state index is 0.159. The van der Waals surface area contributed by atoms with Crippen LogP contribution >= 0.6 is 0 Å². The third kappa shape index (κ3) is 5.32. The summed E-state index contributed by atoms with van der Waals surface area (Å²) in [5.41, 5.74) is 0.990. The number of methoxy groups -OCH3 is 3. The molecule has 1 amide bonds. The van der Waals surface area contributed by atoms with E-state index in [-0.39, 0.29) is 5.56 Å². The predicted molar refractivity (Wildman–Crippen MR) is 111 cm³/mol. The molecule has 0 fully saturated rings. The number of carboxylic acids is 1. The van der Waals surface area contributed by atoms with Gasteiger partial charge in [-0.05, 0) is 45.4 Å². The molecule has 10 heteroatoms. The number of benzene rings is 1. The number of carboxylic acid groups (broad SMARTS) is 1. The molecule has 0 saturated heterocycles. The number of aromatic carboxylic acids is 1. The van der Waals surface area contributed by atoms with Gasteiger partial charge in [0.15, 0.2) is 6.17 Å². The van der Waals surface area contributed by atoms with E-state index in [2.05, 4.69) is 10.6 Å². The summed E-state index contributed by atoms with van der Waals surface area (Å²) in [5.74, 6) is -2.45. The highest BCUT2D eigenvalue weighted by molar-refractivity contribution is 5.92. The van der Waals surface area contributed by atoms with Crippen molar-refractivity contribution in [2.24, 2.45) is 0 Å². The van der Waals surface area contributed by atoms with Gasteiger partial charge in [-0.2, -0.15) is 0 Å². The molecule has 30 heavy (non-hydrogen) atoms. The van der Waals surface area contributed by atoms with Gasteiger partial charge < -0.3 is 39.6 Å². The van der Waals surface area contributed by atoms with Gasteiger partial charge in [0.2, 0.25) is 0 Å². The van der Waals surface area contributed by atoms with Crippen molar-refractivity contribution in [2.45, 2.75) is 44.9 Å². The normalized spacial score (nSPS) is 16.1. The number of hydrogen-bond donors (Lipinski definition) is 3. The summed E-state index contributed by atoms with van der Waals surface area (Å²) in [6.45, 7) is 6.30. The molecule has 2 rings (SSSR count). The smallest absolute Gasteiger partial charge is 0.407 e. The lowest BCUT2D eigenvalue weighted by Gasteiger charge is -2.39. The third-order valence-electron chi connectivity index (χ3n) is 4.59. The molecule has 1 aromatic rings. The largest absolute Gasteiger partial charge is 0.478 e. The SMILES string of the molecule is COC(OC)(OC)C1Nc2cc(C(=O)O)ccc2N1CCCNC(=O)OC(C)(C)C. The quantitative estimate of drug-likeness (QED) is 0.405. The van der Waals surface area contributed by atoms with Crippen molar-refractivity contribution in [3.63, 3.8) is 0 Å². The van der Waals surface area contributed by atoms with Crippen LogP contribution in [0.2, 0.25) is 0 Å². The summed E-state index contributed by atoms with van der Waals surface area (Å²) < 4.78 is 21.7. The van der Waals surface area contributed by atoms with Gasteiger partial charge in [-0.15, -0.1) is 0 Å². The zero-order valence-electron chi connectivity index (χ0n) is 18.3. The van der Waals surface area contributed by atoms with Crippen molar-refractivity contribution in [1.82, 2.24) is 5.32 Å². The van der Waals surface area contributed by atoms with Crippen LogP contribution in [0.3, 0.4) is 0 Å². The second-order valence-electron chi connectivity index (χ2n) is 7.78. The number of ether oxygens (including phenoxy) is 4. The molecule has 1 aliphatic rings. The number of anilines is 2. The average molecular weight is 425 g/mol. The van der Waals surface area contributed by atoms with Crippen molar-refractivity contribution in [2.75, 3.05) is 44.6 Å². The van der Waals surface area contributed by atoms with Crippen LogP contribution in [-0.4, -0.2) is 69.3 Å². The van der Waals surface area contributed by atoms with Gasteiger partial charge in [-0.1, -0.05) is 0 Å². The Hall–Kier alpha value is -2.56. The van der Waals surface area contributed by atoms with Gasteiger partial charge in [0.05, 0.1) is 16.9 Å². The Bertz CT molecular complexity index is 751. The summed E-state index contributed by atoms with van der Waals surface area (Å²) >= 11 is 0. The van der Waals surface area contributed by atoms with Crippen LogP contribution in [-0.2, 0) is 18.9 Å². The van der Waals surface area contributed by atoms with Gasteiger partial charge in [-0.3, -0.25) is 0 Å². The molecule has 0 saturated carbocycles. The molecule has 1 heterocycles. The monoisotopic (exact) mass is 425 g/mol. The zero-order valence-corrected chi connectivity index (χ0v) is 18.3. The van der Waals surface area contributed by atoms with Crippen LogP contribution in [0.5, 0.6) is 0 Å². The third-order valence-corrected chi connectivity index (χ3v) is 4.59. The Balaban J connectivity index is 2.16. The summed E-state index contributed by atoms with van der Waals surface area (Å²) in [7, 11) is 4.38. The lowest BCUT2D eigenvalue weighted by Crippen LogP contribution is -2.58. The lowest BCUT2D eigenvalue weighted by molar-refractivity contribution is -0.358. The number of rotatable bonds is 9. The molecule has 0 radical (unpaired) electrons. The maximum atomic E-state index is 11.8. The number of amides is 1. The van der Waals surface area contributed by atoms with Crippen LogP contribution in [0.4, 0.5) is 16.2 Å².